The average Bonchev–Trinajstić information content (AvgIpc) is 2.58. The van der Waals surface area contributed by atoms with E-state index in [1.807, 2.05) is 54.8 Å². The SMILES string of the molecule is CCN(CC)C(=O)C1CCN(C(=O)Cc2ccc(C)cc2)CC1. The summed E-state index contributed by atoms with van der Waals surface area (Å²) in [6, 6.07) is 8.11. The van der Waals surface area contributed by atoms with E-state index in [-0.39, 0.29) is 17.7 Å². The van der Waals surface area contributed by atoms with Gasteiger partial charge in [0.15, 0.2) is 0 Å². The molecule has 1 saturated heterocycles. The molecule has 1 aliphatic heterocycles. The lowest BCUT2D eigenvalue weighted by Gasteiger charge is -2.33. The Morgan fingerprint density at radius 1 is 1.09 bits per heavy atom. The van der Waals surface area contributed by atoms with Gasteiger partial charge in [-0.2, -0.15) is 0 Å². The Bertz CT molecular complexity index is 527. The van der Waals surface area contributed by atoms with Gasteiger partial charge in [0.1, 0.15) is 0 Å². The molecule has 2 amide bonds. The summed E-state index contributed by atoms with van der Waals surface area (Å²) in [4.78, 5) is 28.6. The third-order valence-corrected chi connectivity index (χ3v) is 4.75. The van der Waals surface area contributed by atoms with Crippen molar-refractivity contribution in [1.82, 2.24) is 9.80 Å². The molecule has 1 fully saturated rings. The van der Waals surface area contributed by atoms with Crippen LogP contribution < -0.4 is 0 Å². The highest BCUT2D eigenvalue weighted by atomic mass is 16.2. The van der Waals surface area contributed by atoms with E-state index in [1.54, 1.807) is 0 Å². The number of carbonyl (C=O) groups excluding carboxylic acids is 2. The molecule has 0 bridgehead atoms. The van der Waals surface area contributed by atoms with Gasteiger partial charge in [0, 0.05) is 32.1 Å². The second-order valence-electron chi connectivity index (χ2n) is 6.33. The van der Waals surface area contributed by atoms with E-state index in [0.29, 0.717) is 19.5 Å². The van der Waals surface area contributed by atoms with Gasteiger partial charge in [-0.1, -0.05) is 29.8 Å². The van der Waals surface area contributed by atoms with E-state index in [0.717, 1.165) is 31.5 Å². The molecule has 0 unspecified atom stereocenters. The number of nitrogens with zero attached hydrogens (tertiary/aromatic N) is 2. The van der Waals surface area contributed by atoms with Crippen LogP contribution >= 0.6 is 0 Å². The van der Waals surface area contributed by atoms with Gasteiger partial charge in [-0.15, -0.1) is 0 Å². The van der Waals surface area contributed by atoms with Crippen molar-refractivity contribution < 1.29 is 9.59 Å². The second-order valence-corrected chi connectivity index (χ2v) is 6.33. The fourth-order valence-electron chi connectivity index (χ4n) is 3.16. The molecule has 0 radical (unpaired) electrons. The van der Waals surface area contributed by atoms with Gasteiger partial charge >= 0.3 is 0 Å². The first-order chi connectivity index (χ1) is 11.0. The molecule has 0 atom stereocenters. The first kappa shape index (κ1) is 17.5. The van der Waals surface area contributed by atoms with Crippen molar-refractivity contribution in [3.63, 3.8) is 0 Å². The molecule has 0 aromatic heterocycles. The number of benzene rings is 1. The van der Waals surface area contributed by atoms with Crippen LogP contribution in [0.4, 0.5) is 0 Å². The van der Waals surface area contributed by atoms with Crippen molar-refractivity contribution in [3.05, 3.63) is 35.4 Å². The van der Waals surface area contributed by atoms with Gasteiger partial charge in [0.25, 0.3) is 0 Å². The Kier molecular flexibility index (Phi) is 6.20. The molecule has 126 valence electrons. The molecule has 1 aliphatic rings. The summed E-state index contributed by atoms with van der Waals surface area (Å²) >= 11 is 0. The predicted molar refractivity (Wildman–Crippen MR) is 92.1 cm³/mol. The molecule has 1 aromatic rings. The van der Waals surface area contributed by atoms with Crippen molar-refractivity contribution in [2.24, 2.45) is 5.92 Å². The molecule has 1 aromatic carbocycles. The zero-order valence-electron chi connectivity index (χ0n) is 14.5. The van der Waals surface area contributed by atoms with Crippen LogP contribution in [-0.2, 0) is 16.0 Å². The minimum absolute atomic E-state index is 0.0818. The molecule has 0 N–H and O–H groups in total. The highest BCUT2D eigenvalue weighted by Crippen LogP contribution is 2.20. The van der Waals surface area contributed by atoms with Crippen LogP contribution in [0.1, 0.15) is 37.8 Å². The van der Waals surface area contributed by atoms with Crippen LogP contribution in [0, 0.1) is 12.8 Å². The highest BCUT2D eigenvalue weighted by Gasteiger charge is 2.29. The van der Waals surface area contributed by atoms with Crippen molar-refractivity contribution in [2.45, 2.75) is 40.0 Å². The third-order valence-electron chi connectivity index (χ3n) is 4.75. The standard InChI is InChI=1S/C19H28N2O2/c1-4-20(5-2)19(23)17-10-12-21(13-11-17)18(22)14-16-8-6-15(3)7-9-16/h6-9,17H,4-5,10-14H2,1-3H3. The molecule has 2 rings (SSSR count). The topological polar surface area (TPSA) is 40.6 Å². The summed E-state index contributed by atoms with van der Waals surface area (Å²) in [5.74, 6) is 0.501. The maximum absolute atomic E-state index is 12.4. The Morgan fingerprint density at radius 2 is 1.65 bits per heavy atom. The number of amides is 2. The fourth-order valence-corrected chi connectivity index (χ4v) is 3.16. The molecule has 0 aliphatic carbocycles. The summed E-state index contributed by atoms with van der Waals surface area (Å²) < 4.78 is 0. The fraction of sp³-hybridized carbons (Fsp3) is 0.579. The quantitative estimate of drug-likeness (QED) is 0.838. The van der Waals surface area contributed by atoms with Crippen LogP contribution in [0.5, 0.6) is 0 Å². The zero-order valence-corrected chi connectivity index (χ0v) is 14.5. The Hall–Kier alpha value is -1.84. The summed E-state index contributed by atoms with van der Waals surface area (Å²) in [5, 5.41) is 0. The first-order valence-corrected chi connectivity index (χ1v) is 8.67. The third kappa shape index (κ3) is 4.57. The summed E-state index contributed by atoms with van der Waals surface area (Å²) in [5.41, 5.74) is 2.26. The van der Waals surface area contributed by atoms with Crippen molar-refractivity contribution in [1.29, 1.82) is 0 Å². The number of hydrogen-bond acceptors (Lipinski definition) is 2. The summed E-state index contributed by atoms with van der Waals surface area (Å²) in [7, 11) is 0. The molecule has 1 heterocycles. The van der Waals surface area contributed by atoms with Crippen molar-refractivity contribution in [3.8, 4) is 0 Å². The molecule has 4 heteroatoms. The van der Waals surface area contributed by atoms with E-state index in [9.17, 15) is 9.59 Å². The van der Waals surface area contributed by atoms with Gasteiger partial charge < -0.3 is 9.80 Å². The van der Waals surface area contributed by atoms with E-state index in [4.69, 9.17) is 0 Å². The van der Waals surface area contributed by atoms with Crippen molar-refractivity contribution >= 4 is 11.8 Å². The van der Waals surface area contributed by atoms with Crippen LogP contribution in [0.25, 0.3) is 0 Å². The average molecular weight is 316 g/mol. The van der Waals surface area contributed by atoms with Gasteiger partial charge in [-0.3, -0.25) is 9.59 Å². The second kappa shape index (κ2) is 8.14. The molecule has 23 heavy (non-hydrogen) atoms. The molecular formula is C19H28N2O2. The lowest BCUT2D eigenvalue weighted by molar-refractivity contribution is -0.140. The first-order valence-electron chi connectivity index (χ1n) is 8.67. The van der Waals surface area contributed by atoms with Crippen LogP contribution in [-0.4, -0.2) is 47.8 Å². The highest BCUT2D eigenvalue weighted by molar-refractivity contribution is 5.81. The Balaban J connectivity index is 1.85. The van der Waals surface area contributed by atoms with Crippen LogP contribution in [0.2, 0.25) is 0 Å². The predicted octanol–water partition coefficient (Wildman–Crippen LogP) is 2.64. The molecule has 4 nitrogen and oxygen atoms in total. The minimum atomic E-state index is 0.0818. The van der Waals surface area contributed by atoms with Crippen LogP contribution in [0.3, 0.4) is 0 Å². The molecular weight excluding hydrogens is 288 g/mol. The van der Waals surface area contributed by atoms with Gasteiger partial charge in [-0.25, -0.2) is 0 Å². The lowest BCUT2D eigenvalue weighted by atomic mass is 9.94. The monoisotopic (exact) mass is 316 g/mol. The Labute approximate surface area is 139 Å². The van der Waals surface area contributed by atoms with Crippen LogP contribution in [0.15, 0.2) is 24.3 Å². The van der Waals surface area contributed by atoms with E-state index >= 15 is 0 Å². The Morgan fingerprint density at radius 3 is 2.17 bits per heavy atom. The van der Waals surface area contributed by atoms with Gasteiger partial charge in [0.05, 0.1) is 6.42 Å². The number of hydrogen-bond donors (Lipinski definition) is 0. The largest absolute Gasteiger partial charge is 0.343 e. The van der Waals surface area contributed by atoms with Gasteiger partial charge in [-0.05, 0) is 39.2 Å². The maximum atomic E-state index is 12.4. The number of carbonyl (C=O) groups is 2. The minimum Gasteiger partial charge on any atom is -0.343 e. The van der Waals surface area contributed by atoms with Gasteiger partial charge in [0.2, 0.25) is 11.8 Å². The lowest BCUT2D eigenvalue weighted by Crippen LogP contribution is -2.44. The number of piperidine rings is 1. The van der Waals surface area contributed by atoms with E-state index in [2.05, 4.69) is 0 Å². The maximum Gasteiger partial charge on any atom is 0.226 e. The summed E-state index contributed by atoms with van der Waals surface area (Å²) in [6.07, 6.45) is 2.03. The van der Waals surface area contributed by atoms with E-state index < -0.39 is 0 Å². The summed E-state index contributed by atoms with van der Waals surface area (Å²) in [6.45, 7) is 9.00. The van der Waals surface area contributed by atoms with Crippen molar-refractivity contribution in [2.75, 3.05) is 26.2 Å². The number of likely N-dealkylation sites (tertiary alicyclic amines) is 1. The zero-order chi connectivity index (χ0) is 16.8. The normalized spacial score (nSPS) is 15.5. The van der Waals surface area contributed by atoms with E-state index in [1.165, 1.54) is 5.56 Å². The smallest absolute Gasteiger partial charge is 0.226 e. The number of aryl methyl sites for hydroxylation is 1. The molecule has 0 spiro atoms. The number of rotatable bonds is 5. The molecule has 0 saturated carbocycles.